The van der Waals surface area contributed by atoms with Crippen LogP contribution in [0.1, 0.15) is 20.3 Å². The molecule has 2 rings (SSSR count). The van der Waals surface area contributed by atoms with Gasteiger partial charge in [-0.25, -0.2) is 0 Å². The van der Waals surface area contributed by atoms with Crippen LogP contribution in [-0.4, -0.2) is 40.9 Å². The lowest BCUT2D eigenvalue weighted by atomic mass is 9.81. The molecule has 76 valence electrons. The second-order valence-electron chi connectivity index (χ2n) is 4.22. The Hall–Kier alpha value is -0.160. The van der Waals surface area contributed by atoms with Crippen molar-refractivity contribution in [3.8, 4) is 0 Å². The highest BCUT2D eigenvalue weighted by Gasteiger charge is 2.56. The molecule has 4 atom stereocenters. The summed E-state index contributed by atoms with van der Waals surface area (Å²) in [7, 11) is 0. The average Bonchev–Trinajstić information content (AvgIpc) is 2.43. The van der Waals surface area contributed by atoms with Crippen molar-refractivity contribution in [1.29, 1.82) is 0 Å². The van der Waals surface area contributed by atoms with E-state index in [1.165, 1.54) is 0 Å². The van der Waals surface area contributed by atoms with Crippen LogP contribution >= 0.6 is 0 Å². The number of aliphatic hydroxyl groups is 2. The first kappa shape index (κ1) is 9.40. The van der Waals surface area contributed by atoms with Crippen LogP contribution in [0.3, 0.4) is 0 Å². The number of ether oxygens (including phenoxy) is 2. The van der Waals surface area contributed by atoms with Crippen molar-refractivity contribution in [2.24, 2.45) is 5.92 Å². The lowest BCUT2D eigenvalue weighted by Gasteiger charge is -2.41. The molecule has 2 N–H and O–H groups in total. The third-order valence-corrected chi connectivity index (χ3v) is 3.12. The molecule has 4 nitrogen and oxygen atoms in total. The molecular weight excluding hydrogens is 172 g/mol. The Morgan fingerprint density at radius 3 is 2.69 bits per heavy atom. The van der Waals surface area contributed by atoms with Crippen molar-refractivity contribution in [1.82, 2.24) is 0 Å². The predicted octanol–water partition coefficient (Wildman–Crippen LogP) is -0.120. The Morgan fingerprint density at radius 1 is 1.38 bits per heavy atom. The molecule has 2 aliphatic rings. The first-order chi connectivity index (χ1) is 6.06. The van der Waals surface area contributed by atoms with Crippen LogP contribution in [0, 0.1) is 5.92 Å². The van der Waals surface area contributed by atoms with Crippen LogP contribution in [0.2, 0.25) is 0 Å². The SMILES string of the molecule is CC(C)C12COC(CC(O)C1O)O2. The van der Waals surface area contributed by atoms with Gasteiger partial charge in [0.2, 0.25) is 0 Å². The van der Waals surface area contributed by atoms with Crippen molar-refractivity contribution < 1.29 is 19.7 Å². The standard InChI is InChI=1S/C9H16O4/c1-5(2)9-4-12-7(13-9)3-6(10)8(9)11/h5-8,10-11H,3-4H2,1-2H3. The summed E-state index contributed by atoms with van der Waals surface area (Å²) < 4.78 is 10.9. The van der Waals surface area contributed by atoms with E-state index in [-0.39, 0.29) is 12.2 Å². The fraction of sp³-hybridized carbons (Fsp3) is 1.00. The molecule has 2 fully saturated rings. The summed E-state index contributed by atoms with van der Waals surface area (Å²) in [6, 6.07) is 0. The van der Waals surface area contributed by atoms with Gasteiger partial charge in [-0.3, -0.25) is 0 Å². The van der Waals surface area contributed by atoms with E-state index in [0.29, 0.717) is 13.0 Å². The van der Waals surface area contributed by atoms with Crippen molar-refractivity contribution in [2.45, 2.75) is 44.4 Å². The smallest absolute Gasteiger partial charge is 0.161 e. The van der Waals surface area contributed by atoms with Gasteiger partial charge in [-0.15, -0.1) is 0 Å². The first-order valence-corrected chi connectivity index (χ1v) is 4.72. The van der Waals surface area contributed by atoms with E-state index < -0.39 is 17.8 Å². The molecule has 2 bridgehead atoms. The van der Waals surface area contributed by atoms with Gasteiger partial charge in [0.05, 0.1) is 12.7 Å². The Morgan fingerprint density at radius 2 is 2.08 bits per heavy atom. The number of hydrogen-bond donors (Lipinski definition) is 2. The molecule has 0 aromatic heterocycles. The molecule has 0 aromatic rings. The van der Waals surface area contributed by atoms with E-state index in [1.807, 2.05) is 13.8 Å². The van der Waals surface area contributed by atoms with Gasteiger partial charge in [-0.1, -0.05) is 13.8 Å². The summed E-state index contributed by atoms with van der Waals surface area (Å²) in [6.07, 6.45) is -1.51. The van der Waals surface area contributed by atoms with E-state index in [1.54, 1.807) is 0 Å². The molecule has 0 saturated carbocycles. The molecule has 13 heavy (non-hydrogen) atoms. The minimum atomic E-state index is -0.828. The zero-order chi connectivity index (χ0) is 9.64. The summed E-state index contributed by atoms with van der Waals surface area (Å²) in [5.41, 5.74) is -0.692. The third-order valence-electron chi connectivity index (χ3n) is 3.12. The molecule has 0 amide bonds. The Balaban J connectivity index is 2.26. The maximum absolute atomic E-state index is 9.83. The van der Waals surface area contributed by atoms with Gasteiger partial charge in [0.1, 0.15) is 11.7 Å². The summed E-state index contributed by atoms with van der Waals surface area (Å²) in [5, 5.41) is 19.4. The molecule has 0 spiro atoms. The molecule has 2 aliphatic heterocycles. The molecule has 4 unspecified atom stereocenters. The van der Waals surface area contributed by atoms with E-state index in [9.17, 15) is 10.2 Å². The molecule has 2 heterocycles. The van der Waals surface area contributed by atoms with E-state index in [2.05, 4.69) is 0 Å². The molecule has 0 radical (unpaired) electrons. The molecule has 0 aromatic carbocycles. The van der Waals surface area contributed by atoms with Gasteiger partial charge in [-0.05, 0) is 5.92 Å². The fourth-order valence-corrected chi connectivity index (χ4v) is 2.10. The third kappa shape index (κ3) is 1.21. The van der Waals surface area contributed by atoms with E-state index in [0.717, 1.165) is 0 Å². The maximum Gasteiger partial charge on any atom is 0.161 e. The fourth-order valence-electron chi connectivity index (χ4n) is 2.10. The lowest BCUT2D eigenvalue weighted by molar-refractivity contribution is -0.222. The zero-order valence-corrected chi connectivity index (χ0v) is 7.93. The molecular formula is C9H16O4. The molecule has 0 aliphatic carbocycles. The zero-order valence-electron chi connectivity index (χ0n) is 7.93. The van der Waals surface area contributed by atoms with Crippen LogP contribution < -0.4 is 0 Å². The average molecular weight is 188 g/mol. The number of aliphatic hydroxyl groups excluding tert-OH is 2. The van der Waals surface area contributed by atoms with Crippen LogP contribution in [0.4, 0.5) is 0 Å². The van der Waals surface area contributed by atoms with Crippen molar-refractivity contribution in [3.63, 3.8) is 0 Å². The Bertz CT molecular complexity index is 206. The second-order valence-corrected chi connectivity index (χ2v) is 4.22. The van der Waals surface area contributed by atoms with E-state index >= 15 is 0 Å². The Kier molecular flexibility index (Phi) is 2.11. The maximum atomic E-state index is 9.83. The van der Waals surface area contributed by atoms with Gasteiger partial charge in [0, 0.05) is 6.42 Å². The minimum Gasteiger partial charge on any atom is -0.390 e. The summed E-state index contributed by atoms with van der Waals surface area (Å²) in [5.74, 6) is 0.141. The van der Waals surface area contributed by atoms with Crippen LogP contribution in [0.5, 0.6) is 0 Å². The molecule has 4 heteroatoms. The normalized spacial score (nSPS) is 50.1. The topological polar surface area (TPSA) is 58.9 Å². The van der Waals surface area contributed by atoms with Crippen LogP contribution in [0.15, 0.2) is 0 Å². The first-order valence-electron chi connectivity index (χ1n) is 4.72. The molecule has 2 saturated heterocycles. The van der Waals surface area contributed by atoms with Crippen LogP contribution in [-0.2, 0) is 9.47 Å². The number of rotatable bonds is 1. The quantitative estimate of drug-likeness (QED) is 0.602. The number of hydrogen-bond acceptors (Lipinski definition) is 4. The van der Waals surface area contributed by atoms with Crippen molar-refractivity contribution in [2.75, 3.05) is 6.61 Å². The predicted molar refractivity (Wildman–Crippen MR) is 45.0 cm³/mol. The van der Waals surface area contributed by atoms with E-state index in [4.69, 9.17) is 9.47 Å². The van der Waals surface area contributed by atoms with Crippen LogP contribution in [0.25, 0.3) is 0 Å². The van der Waals surface area contributed by atoms with Gasteiger partial charge in [-0.2, -0.15) is 0 Å². The Labute approximate surface area is 77.5 Å². The monoisotopic (exact) mass is 188 g/mol. The summed E-state index contributed by atoms with van der Waals surface area (Å²) in [6.45, 7) is 4.31. The summed E-state index contributed by atoms with van der Waals surface area (Å²) >= 11 is 0. The summed E-state index contributed by atoms with van der Waals surface area (Å²) in [4.78, 5) is 0. The highest BCUT2D eigenvalue weighted by atomic mass is 16.7. The highest BCUT2D eigenvalue weighted by molar-refractivity contribution is 5.01. The van der Waals surface area contributed by atoms with Crippen molar-refractivity contribution >= 4 is 0 Å². The largest absolute Gasteiger partial charge is 0.390 e. The van der Waals surface area contributed by atoms with Crippen molar-refractivity contribution in [3.05, 3.63) is 0 Å². The van der Waals surface area contributed by atoms with Gasteiger partial charge in [0.15, 0.2) is 6.29 Å². The van der Waals surface area contributed by atoms with Gasteiger partial charge >= 0.3 is 0 Å². The highest BCUT2D eigenvalue weighted by Crippen LogP contribution is 2.41. The second kappa shape index (κ2) is 2.92. The lowest BCUT2D eigenvalue weighted by Crippen LogP contribution is -2.57. The van der Waals surface area contributed by atoms with Gasteiger partial charge in [0.25, 0.3) is 0 Å². The minimum absolute atomic E-state index is 0.141. The number of fused-ring (bicyclic) bond motifs is 2. The van der Waals surface area contributed by atoms with Gasteiger partial charge < -0.3 is 19.7 Å².